The third-order valence-corrected chi connectivity index (χ3v) is 4.82. The Morgan fingerprint density at radius 3 is 2.55 bits per heavy atom. The highest BCUT2D eigenvalue weighted by atomic mass is 35.5. The smallest absolute Gasteiger partial charge is 0.221 e. The predicted molar refractivity (Wildman–Crippen MR) is 118 cm³/mol. The summed E-state index contributed by atoms with van der Waals surface area (Å²) < 4.78 is 11.1. The van der Waals surface area contributed by atoms with Crippen molar-refractivity contribution in [1.82, 2.24) is 10.3 Å². The van der Waals surface area contributed by atoms with Crippen LogP contribution in [0.1, 0.15) is 30.4 Å². The molecule has 0 spiro atoms. The maximum Gasteiger partial charge on any atom is 0.221 e. The molecule has 0 saturated heterocycles. The first kappa shape index (κ1) is 22.6. The van der Waals surface area contributed by atoms with E-state index in [0.29, 0.717) is 18.0 Å². The quantitative estimate of drug-likeness (QED) is 0.522. The number of aromatic amines is 1. The molecule has 29 heavy (non-hydrogen) atoms. The number of methoxy groups -OCH3 is 2. The maximum absolute atomic E-state index is 12.2. The molecule has 156 valence electrons. The van der Waals surface area contributed by atoms with Crippen LogP contribution in [0.5, 0.6) is 11.5 Å². The van der Waals surface area contributed by atoms with Crippen molar-refractivity contribution in [2.45, 2.75) is 25.3 Å². The summed E-state index contributed by atoms with van der Waals surface area (Å²) in [4.78, 5) is 15.6. The number of nitrogens with two attached hydrogens (primary N) is 1. The number of hydrogen-bond donors (Lipinski definition) is 3. The van der Waals surface area contributed by atoms with Crippen molar-refractivity contribution >= 4 is 29.2 Å². The molecule has 0 fully saturated rings. The zero-order valence-corrected chi connectivity index (χ0v) is 17.7. The average molecular weight is 418 g/mol. The molecule has 7 heteroatoms. The molecule has 1 aromatic heterocycles. The number of ether oxygens (including phenoxy) is 2. The van der Waals surface area contributed by atoms with Gasteiger partial charge in [0.15, 0.2) is 11.5 Å². The Bertz CT molecular complexity index is 955. The fourth-order valence-corrected chi connectivity index (χ4v) is 3.54. The van der Waals surface area contributed by atoms with Gasteiger partial charge in [0.2, 0.25) is 5.91 Å². The number of benzene rings is 2. The molecule has 3 aromatic rings. The summed E-state index contributed by atoms with van der Waals surface area (Å²) in [6.45, 7) is 2.25. The first-order valence-corrected chi connectivity index (χ1v) is 9.34. The van der Waals surface area contributed by atoms with Crippen LogP contribution in [0.15, 0.2) is 48.7 Å². The largest absolute Gasteiger partial charge is 0.493 e. The van der Waals surface area contributed by atoms with Crippen LogP contribution >= 0.6 is 12.4 Å². The number of para-hydroxylation sites is 2. The van der Waals surface area contributed by atoms with Crippen molar-refractivity contribution in [3.63, 3.8) is 0 Å². The molecule has 0 saturated carbocycles. The van der Waals surface area contributed by atoms with Gasteiger partial charge in [0.1, 0.15) is 0 Å². The average Bonchev–Trinajstić information content (AvgIpc) is 3.11. The van der Waals surface area contributed by atoms with Crippen molar-refractivity contribution in [3.05, 3.63) is 59.8 Å². The fourth-order valence-electron chi connectivity index (χ4n) is 3.54. The van der Waals surface area contributed by atoms with E-state index in [1.807, 2.05) is 49.5 Å². The van der Waals surface area contributed by atoms with Crippen LogP contribution < -0.4 is 20.5 Å². The summed E-state index contributed by atoms with van der Waals surface area (Å²) in [5, 5.41) is 4.14. The van der Waals surface area contributed by atoms with Gasteiger partial charge in [0.05, 0.1) is 14.2 Å². The lowest BCUT2D eigenvalue weighted by molar-refractivity contribution is -0.121. The standard InChI is InChI=1S/C22H27N3O3.ClH/c1-14(23)11-21(26)25-13-18(16-8-6-10-20(27-2)22(16)28-3)17-12-24-19-9-5-4-7-15(17)19;/h4-10,12,14,18,24H,11,13,23H2,1-3H3,(H,25,26);1H. The second-order valence-corrected chi connectivity index (χ2v) is 6.91. The molecule has 4 N–H and O–H groups in total. The normalized spacial score (nSPS) is 12.7. The highest BCUT2D eigenvalue weighted by Gasteiger charge is 2.24. The van der Waals surface area contributed by atoms with E-state index in [0.717, 1.165) is 22.0 Å². The monoisotopic (exact) mass is 417 g/mol. The Labute approximate surface area is 177 Å². The van der Waals surface area contributed by atoms with E-state index in [9.17, 15) is 4.79 Å². The topological polar surface area (TPSA) is 89.4 Å². The molecule has 2 aromatic carbocycles. The van der Waals surface area contributed by atoms with Crippen LogP contribution in [0.3, 0.4) is 0 Å². The van der Waals surface area contributed by atoms with E-state index >= 15 is 0 Å². The summed E-state index contributed by atoms with van der Waals surface area (Å²) in [6, 6.07) is 13.7. The number of amides is 1. The summed E-state index contributed by atoms with van der Waals surface area (Å²) in [5.74, 6) is 1.15. The summed E-state index contributed by atoms with van der Waals surface area (Å²) >= 11 is 0. The van der Waals surface area contributed by atoms with Crippen molar-refractivity contribution in [2.75, 3.05) is 20.8 Å². The van der Waals surface area contributed by atoms with E-state index in [4.69, 9.17) is 15.2 Å². The summed E-state index contributed by atoms with van der Waals surface area (Å²) in [5.41, 5.74) is 8.85. The summed E-state index contributed by atoms with van der Waals surface area (Å²) in [7, 11) is 3.25. The van der Waals surface area contributed by atoms with Crippen LogP contribution in [-0.2, 0) is 4.79 Å². The zero-order chi connectivity index (χ0) is 20.1. The minimum absolute atomic E-state index is 0. The second kappa shape index (κ2) is 10.2. The Kier molecular flexibility index (Phi) is 7.93. The van der Waals surface area contributed by atoms with Gasteiger partial charge in [-0.2, -0.15) is 0 Å². The first-order valence-electron chi connectivity index (χ1n) is 9.34. The molecule has 1 heterocycles. The number of nitrogens with one attached hydrogen (secondary N) is 2. The summed E-state index contributed by atoms with van der Waals surface area (Å²) in [6.07, 6.45) is 2.28. The minimum Gasteiger partial charge on any atom is -0.493 e. The minimum atomic E-state index is -0.183. The number of halogens is 1. The molecule has 1 amide bonds. The van der Waals surface area contributed by atoms with Crippen LogP contribution in [0, 0.1) is 0 Å². The molecule has 6 nitrogen and oxygen atoms in total. The number of fused-ring (bicyclic) bond motifs is 1. The van der Waals surface area contributed by atoms with Gasteiger partial charge in [-0.05, 0) is 24.6 Å². The van der Waals surface area contributed by atoms with Gasteiger partial charge in [0, 0.05) is 47.6 Å². The van der Waals surface area contributed by atoms with E-state index in [1.54, 1.807) is 14.2 Å². The van der Waals surface area contributed by atoms with E-state index in [2.05, 4.69) is 16.4 Å². The SMILES string of the molecule is COc1cccc(C(CNC(=O)CC(C)N)c2c[nH]c3ccccc23)c1OC.Cl. The predicted octanol–water partition coefficient (Wildman–Crippen LogP) is 3.59. The Morgan fingerprint density at radius 1 is 1.10 bits per heavy atom. The number of hydrogen-bond acceptors (Lipinski definition) is 4. The van der Waals surface area contributed by atoms with Crippen molar-refractivity contribution in [3.8, 4) is 11.5 Å². The maximum atomic E-state index is 12.2. The second-order valence-electron chi connectivity index (χ2n) is 6.91. The Hall–Kier alpha value is -2.70. The van der Waals surface area contributed by atoms with Gasteiger partial charge in [-0.1, -0.05) is 30.3 Å². The Morgan fingerprint density at radius 2 is 1.86 bits per heavy atom. The van der Waals surface area contributed by atoms with Gasteiger partial charge in [-0.25, -0.2) is 0 Å². The van der Waals surface area contributed by atoms with Crippen LogP contribution in [0.2, 0.25) is 0 Å². The lowest BCUT2D eigenvalue weighted by Crippen LogP contribution is -2.33. The number of rotatable bonds is 8. The molecule has 2 atom stereocenters. The van der Waals surface area contributed by atoms with Crippen LogP contribution in [-0.4, -0.2) is 37.7 Å². The fraction of sp³-hybridized carbons (Fsp3) is 0.318. The van der Waals surface area contributed by atoms with Crippen LogP contribution in [0.25, 0.3) is 10.9 Å². The first-order chi connectivity index (χ1) is 13.5. The van der Waals surface area contributed by atoms with Crippen molar-refractivity contribution in [2.24, 2.45) is 5.73 Å². The van der Waals surface area contributed by atoms with Gasteiger partial charge < -0.3 is 25.5 Å². The third-order valence-electron chi connectivity index (χ3n) is 4.82. The molecule has 0 aliphatic rings. The van der Waals surface area contributed by atoms with E-state index < -0.39 is 0 Å². The molecule has 3 rings (SSSR count). The van der Waals surface area contributed by atoms with Crippen LogP contribution in [0.4, 0.5) is 0 Å². The lowest BCUT2D eigenvalue weighted by atomic mass is 9.89. The van der Waals surface area contributed by atoms with Gasteiger partial charge in [-0.15, -0.1) is 12.4 Å². The molecule has 0 aliphatic heterocycles. The molecule has 0 radical (unpaired) electrons. The van der Waals surface area contributed by atoms with Crippen molar-refractivity contribution in [1.29, 1.82) is 0 Å². The number of aromatic nitrogens is 1. The van der Waals surface area contributed by atoms with Gasteiger partial charge in [0.25, 0.3) is 0 Å². The van der Waals surface area contributed by atoms with Gasteiger partial charge in [-0.3, -0.25) is 4.79 Å². The molecular weight excluding hydrogens is 390 g/mol. The van der Waals surface area contributed by atoms with Gasteiger partial charge >= 0.3 is 0 Å². The molecule has 0 bridgehead atoms. The highest BCUT2D eigenvalue weighted by Crippen LogP contribution is 2.40. The number of carbonyl (C=O) groups is 1. The number of H-pyrrole nitrogens is 1. The molecule has 0 aliphatic carbocycles. The van der Waals surface area contributed by atoms with E-state index in [-0.39, 0.29) is 36.7 Å². The molecular formula is C22H28ClN3O3. The lowest BCUT2D eigenvalue weighted by Gasteiger charge is -2.22. The third kappa shape index (κ3) is 5.02. The van der Waals surface area contributed by atoms with Crippen molar-refractivity contribution < 1.29 is 14.3 Å². The number of carbonyl (C=O) groups excluding carboxylic acids is 1. The van der Waals surface area contributed by atoms with E-state index in [1.165, 1.54) is 0 Å². The zero-order valence-electron chi connectivity index (χ0n) is 16.9. The highest BCUT2D eigenvalue weighted by molar-refractivity contribution is 5.85. The Balaban J connectivity index is 0.00000300. The molecule has 2 unspecified atom stereocenters.